The fourth-order valence-electron chi connectivity index (χ4n) is 2.56. The van der Waals surface area contributed by atoms with Crippen molar-refractivity contribution in [3.05, 3.63) is 41.6 Å². The first-order valence-electron chi connectivity index (χ1n) is 6.58. The van der Waals surface area contributed by atoms with Gasteiger partial charge < -0.3 is 10.3 Å². The van der Waals surface area contributed by atoms with Crippen LogP contribution in [0.5, 0.6) is 0 Å². The van der Waals surface area contributed by atoms with Crippen LogP contribution >= 0.6 is 0 Å². The van der Waals surface area contributed by atoms with Gasteiger partial charge in [0, 0.05) is 29.2 Å². The van der Waals surface area contributed by atoms with E-state index in [1.54, 1.807) is 0 Å². The van der Waals surface area contributed by atoms with Crippen LogP contribution in [0.2, 0.25) is 0 Å². The summed E-state index contributed by atoms with van der Waals surface area (Å²) in [6, 6.07) is 8.59. The number of fused-ring (bicyclic) bond motifs is 1. The SMILES string of the molecule is C/C(=C\CCCN)c1c(C)n(C)c2ccccc12. The van der Waals surface area contributed by atoms with E-state index in [0.29, 0.717) is 0 Å². The van der Waals surface area contributed by atoms with Gasteiger partial charge in [0.05, 0.1) is 0 Å². The molecule has 1 heterocycles. The third kappa shape index (κ3) is 2.21. The van der Waals surface area contributed by atoms with E-state index in [0.717, 1.165) is 19.4 Å². The number of para-hydroxylation sites is 1. The molecule has 0 aliphatic carbocycles. The molecule has 0 radical (unpaired) electrons. The zero-order valence-corrected chi connectivity index (χ0v) is 11.5. The van der Waals surface area contributed by atoms with Gasteiger partial charge >= 0.3 is 0 Å². The summed E-state index contributed by atoms with van der Waals surface area (Å²) >= 11 is 0. The summed E-state index contributed by atoms with van der Waals surface area (Å²) in [7, 11) is 2.13. The van der Waals surface area contributed by atoms with Gasteiger partial charge in [0.1, 0.15) is 0 Å². The summed E-state index contributed by atoms with van der Waals surface area (Å²) in [5.74, 6) is 0. The second-order valence-electron chi connectivity index (χ2n) is 4.85. The largest absolute Gasteiger partial charge is 0.347 e. The van der Waals surface area contributed by atoms with Crippen molar-refractivity contribution in [2.24, 2.45) is 12.8 Å². The maximum Gasteiger partial charge on any atom is 0.0486 e. The van der Waals surface area contributed by atoms with Gasteiger partial charge in [-0.3, -0.25) is 0 Å². The quantitative estimate of drug-likeness (QED) is 0.815. The Bertz CT molecular complexity index is 576. The highest BCUT2D eigenvalue weighted by Crippen LogP contribution is 2.30. The van der Waals surface area contributed by atoms with Crippen molar-refractivity contribution in [2.45, 2.75) is 26.7 Å². The van der Waals surface area contributed by atoms with Crippen LogP contribution < -0.4 is 5.73 Å². The molecule has 1 aromatic carbocycles. The Hall–Kier alpha value is -1.54. The van der Waals surface area contributed by atoms with E-state index in [2.05, 4.69) is 55.8 Å². The highest BCUT2D eigenvalue weighted by atomic mass is 14.9. The van der Waals surface area contributed by atoms with E-state index in [-0.39, 0.29) is 0 Å². The molecule has 2 heteroatoms. The lowest BCUT2D eigenvalue weighted by Gasteiger charge is -2.03. The molecule has 0 fully saturated rings. The molecule has 1 aromatic heterocycles. The first-order valence-corrected chi connectivity index (χ1v) is 6.58. The summed E-state index contributed by atoms with van der Waals surface area (Å²) in [5.41, 5.74) is 10.9. The van der Waals surface area contributed by atoms with Crippen LogP contribution in [0.15, 0.2) is 30.3 Å². The smallest absolute Gasteiger partial charge is 0.0486 e. The number of hydrogen-bond acceptors (Lipinski definition) is 1. The van der Waals surface area contributed by atoms with Gasteiger partial charge in [-0.05, 0) is 44.9 Å². The van der Waals surface area contributed by atoms with Gasteiger partial charge in [0.25, 0.3) is 0 Å². The van der Waals surface area contributed by atoms with Crippen molar-refractivity contribution in [2.75, 3.05) is 6.54 Å². The van der Waals surface area contributed by atoms with Crippen LogP contribution in [0.3, 0.4) is 0 Å². The van der Waals surface area contributed by atoms with Gasteiger partial charge in [0.15, 0.2) is 0 Å². The molecule has 2 aromatic rings. The lowest BCUT2D eigenvalue weighted by atomic mass is 10.0. The molecule has 0 amide bonds. The average molecular weight is 242 g/mol. The second-order valence-corrected chi connectivity index (χ2v) is 4.85. The van der Waals surface area contributed by atoms with Crippen LogP contribution in [-0.4, -0.2) is 11.1 Å². The molecule has 0 aliphatic rings. The Balaban J connectivity index is 2.50. The van der Waals surface area contributed by atoms with E-state index < -0.39 is 0 Å². The molecular formula is C16H22N2. The Kier molecular flexibility index (Phi) is 3.87. The van der Waals surface area contributed by atoms with Gasteiger partial charge in [-0.1, -0.05) is 24.3 Å². The van der Waals surface area contributed by atoms with Gasteiger partial charge in [-0.25, -0.2) is 0 Å². The lowest BCUT2D eigenvalue weighted by molar-refractivity contribution is 0.855. The summed E-state index contributed by atoms with van der Waals surface area (Å²) < 4.78 is 2.27. The Morgan fingerprint density at radius 1 is 1.33 bits per heavy atom. The molecule has 0 saturated heterocycles. The number of nitrogens with zero attached hydrogens (tertiary/aromatic N) is 1. The molecule has 2 rings (SSSR count). The van der Waals surface area contributed by atoms with Crippen LogP contribution in [0.1, 0.15) is 31.0 Å². The van der Waals surface area contributed by atoms with Gasteiger partial charge in [0.2, 0.25) is 0 Å². The molecule has 0 bridgehead atoms. The number of nitrogens with two attached hydrogens (primary N) is 1. The van der Waals surface area contributed by atoms with E-state index in [9.17, 15) is 0 Å². The molecule has 2 N–H and O–H groups in total. The summed E-state index contributed by atoms with van der Waals surface area (Å²) in [4.78, 5) is 0. The van der Waals surface area contributed by atoms with Crippen LogP contribution in [0, 0.1) is 6.92 Å². The minimum absolute atomic E-state index is 0.762. The van der Waals surface area contributed by atoms with Crippen LogP contribution in [0.4, 0.5) is 0 Å². The van der Waals surface area contributed by atoms with E-state index in [1.165, 1.54) is 27.7 Å². The number of allylic oxidation sites excluding steroid dienone is 2. The number of aromatic nitrogens is 1. The van der Waals surface area contributed by atoms with Crippen molar-refractivity contribution < 1.29 is 0 Å². The number of unbranched alkanes of at least 4 members (excludes halogenated alkanes) is 1. The third-order valence-corrected chi connectivity index (χ3v) is 3.65. The molecule has 0 atom stereocenters. The van der Waals surface area contributed by atoms with Crippen LogP contribution in [0.25, 0.3) is 16.5 Å². The lowest BCUT2D eigenvalue weighted by Crippen LogP contribution is -1.96. The van der Waals surface area contributed by atoms with Gasteiger partial charge in [-0.2, -0.15) is 0 Å². The third-order valence-electron chi connectivity index (χ3n) is 3.65. The summed E-state index contributed by atoms with van der Waals surface area (Å²) in [5, 5.41) is 1.35. The number of rotatable bonds is 4. The predicted octanol–water partition coefficient (Wildman–Crippen LogP) is 3.63. The second kappa shape index (κ2) is 5.40. The van der Waals surface area contributed by atoms with Crippen molar-refractivity contribution in [3.8, 4) is 0 Å². The van der Waals surface area contributed by atoms with Crippen molar-refractivity contribution in [3.63, 3.8) is 0 Å². The number of benzene rings is 1. The maximum atomic E-state index is 5.54. The van der Waals surface area contributed by atoms with E-state index in [1.807, 2.05) is 0 Å². The van der Waals surface area contributed by atoms with Crippen LogP contribution in [-0.2, 0) is 7.05 Å². The highest BCUT2D eigenvalue weighted by molar-refractivity contribution is 5.94. The van der Waals surface area contributed by atoms with Crippen molar-refractivity contribution >= 4 is 16.5 Å². The molecular weight excluding hydrogens is 220 g/mol. The molecule has 0 aliphatic heterocycles. The molecule has 0 unspecified atom stereocenters. The number of aryl methyl sites for hydroxylation is 1. The van der Waals surface area contributed by atoms with Gasteiger partial charge in [-0.15, -0.1) is 0 Å². The first-order chi connectivity index (χ1) is 8.66. The zero-order chi connectivity index (χ0) is 13.1. The Morgan fingerprint density at radius 2 is 2.06 bits per heavy atom. The highest BCUT2D eigenvalue weighted by Gasteiger charge is 2.11. The molecule has 2 nitrogen and oxygen atoms in total. The Morgan fingerprint density at radius 3 is 2.78 bits per heavy atom. The predicted molar refractivity (Wildman–Crippen MR) is 79.6 cm³/mol. The Labute approximate surface area is 109 Å². The minimum Gasteiger partial charge on any atom is -0.347 e. The molecule has 18 heavy (non-hydrogen) atoms. The fraction of sp³-hybridized carbons (Fsp3) is 0.375. The molecule has 0 saturated carbocycles. The first kappa shape index (κ1) is 12.9. The molecule has 0 spiro atoms. The number of hydrogen-bond donors (Lipinski definition) is 1. The monoisotopic (exact) mass is 242 g/mol. The standard InChI is InChI=1S/C16H22N2/c1-12(8-6-7-11-17)16-13(2)18(3)15-10-5-4-9-14(15)16/h4-5,8-10H,6-7,11,17H2,1-3H3/b12-8+. The zero-order valence-electron chi connectivity index (χ0n) is 11.5. The topological polar surface area (TPSA) is 30.9 Å². The average Bonchev–Trinajstić information content (AvgIpc) is 2.63. The van der Waals surface area contributed by atoms with E-state index >= 15 is 0 Å². The van der Waals surface area contributed by atoms with E-state index in [4.69, 9.17) is 5.73 Å². The fourth-order valence-corrected chi connectivity index (χ4v) is 2.56. The van der Waals surface area contributed by atoms with Crippen molar-refractivity contribution in [1.82, 2.24) is 4.57 Å². The summed E-state index contributed by atoms with van der Waals surface area (Å²) in [6.07, 6.45) is 4.42. The summed E-state index contributed by atoms with van der Waals surface area (Å²) in [6.45, 7) is 5.15. The van der Waals surface area contributed by atoms with Crippen molar-refractivity contribution in [1.29, 1.82) is 0 Å². The molecule has 96 valence electrons. The maximum absolute atomic E-state index is 5.54. The minimum atomic E-state index is 0.762. The normalized spacial score (nSPS) is 12.3.